The van der Waals surface area contributed by atoms with E-state index in [0.29, 0.717) is 23.5 Å². The molecule has 2 N–H and O–H groups in total. The molecule has 3 rings (SSSR count). The molecule has 0 aliphatic carbocycles. The molecule has 5 nitrogen and oxygen atoms in total. The topological polar surface area (TPSA) is 67.4 Å². The van der Waals surface area contributed by atoms with Crippen molar-refractivity contribution in [2.45, 2.75) is 6.61 Å². The molecule has 0 atom stereocenters. The van der Waals surface area contributed by atoms with Crippen LogP contribution in [-0.4, -0.2) is 11.8 Å². The fourth-order valence-electron chi connectivity index (χ4n) is 2.40. The van der Waals surface area contributed by atoms with Gasteiger partial charge in [-0.3, -0.25) is 20.4 Å². The van der Waals surface area contributed by atoms with Gasteiger partial charge in [-0.05, 0) is 35.9 Å². The van der Waals surface area contributed by atoms with Crippen molar-refractivity contribution >= 4 is 27.7 Å². The van der Waals surface area contributed by atoms with Gasteiger partial charge in [-0.1, -0.05) is 64.5 Å². The molecule has 3 aromatic rings. The number of nitrogens with one attached hydrogen (secondary N) is 2. The van der Waals surface area contributed by atoms with Gasteiger partial charge in [0.05, 0.1) is 5.56 Å². The number of ether oxygens (including phenoxy) is 1. The molecule has 2 amide bonds. The summed E-state index contributed by atoms with van der Waals surface area (Å²) in [5.41, 5.74) is 6.59. The molecule has 0 fully saturated rings. The second-order valence-corrected chi connectivity index (χ2v) is 6.60. The van der Waals surface area contributed by atoms with Crippen molar-refractivity contribution in [3.63, 3.8) is 0 Å². The molecule has 0 heterocycles. The summed E-state index contributed by atoms with van der Waals surface area (Å²) >= 11 is 3.31. The van der Waals surface area contributed by atoms with Gasteiger partial charge in [-0.2, -0.15) is 0 Å². The van der Waals surface area contributed by atoms with Crippen molar-refractivity contribution in [2.75, 3.05) is 0 Å². The van der Waals surface area contributed by atoms with E-state index in [-0.39, 0.29) is 0 Å². The molecule has 0 unspecified atom stereocenters. The Bertz CT molecular complexity index is 945. The normalized spacial score (nSPS) is 10.1. The van der Waals surface area contributed by atoms with Crippen molar-refractivity contribution in [2.24, 2.45) is 0 Å². The van der Waals surface area contributed by atoms with Gasteiger partial charge < -0.3 is 4.74 Å². The number of halogens is 1. The molecule has 3 aromatic carbocycles. The lowest BCUT2D eigenvalue weighted by Gasteiger charge is -2.12. The van der Waals surface area contributed by atoms with E-state index in [9.17, 15) is 9.59 Å². The number of benzene rings is 3. The van der Waals surface area contributed by atoms with E-state index in [2.05, 4.69) is 26.8 Å². The van der Waals surface area contributed by atoms with Gasteiger partial charge in [0.1, 0.15) is 12.4 Å². The van der Waals surface area contributed by atoms with E-state index in [0.717, 1.165) is 10.0 Å². The Morgan fingerprint density at radius 3 is 2.30 bits per heavy atom. The molecular weight excluding hydrogens is 408 g/mol. The minimum absolute atomic E-state index is 0.336. The van der Waals surface area contributed by atoms with Crippen molar-refractivity contribution in [1.82, 2.24) is 10.9 Å². The average molecular weight is 425 g/mol. The summed E-state index contributed by atoms with van der Waals surface area (Å²) in [5.74, 6) is -0.426. The lowest BCUT2D eigenvalue weighted by atomic mass is 10.2. The van der Waals surface area contributed by atoms with Crippen LogP contribution in [0.5, 0.6) is 5.75 Å². The second kappa shape index (κ2) is 9.00. The number of carbonyl (C=O) groups excluding carboxylic acids is 2. The molecule has 6 heteroatoms. The maximum Gasteiger partial charge on any atom is 0.273 e. The molecule has 0 aliphatic rings. The summed E-state index contributed by atoms with van der Waals surface area (Å²) in [4.78, 5) is 24.6. The summed E-state index contributed by atoms with van der Waals surface area (Å²) in [6.45, 7) is 0.343. The van der Waals surface area contributed by atoms with Crippen molar-refractivity contribution in [3.05, 3.63) is 100 Å². The van der Waals surface area contributed by atoms with Crippen LogP contribution in [0.1, 0.15) is 26.3 Å². The summed E-state index contributed by atoms with van der Waals surface area (Å²) in [6, 6.07) is 23.4. The van der Waals surface area contributed by atoms with Crippen LogP contribution in [0, 0.1) is 0 Å². The molecular formula is C21H17BrN2O3. The van der Waals surface area contributed by atoms with Crippen LogP contribution in [-0.2, 0) is 6.61 Å². The predicted octanol–water partition coefficient (Wildman–Crippen LogP) is 4.10. The first-order valence-corrected chi connectivity index (χ1v) is 9.05. The minimum atomic E-state index is -0.456. The highest BCUT2D eigenvalue weighted by atomic mass is 79.9. The molecule has 0 aromatic heterocycles. The largest absolute Gasteiger partial charge is 0.488 e. The number of rotatable bonds is 5. The number of hydrogen-bond acceptors (Lipinski definition) is 3. The molecule has 0 bridgehead atoms. The third-order valence-corrected chi connectivity index (χ3v) is 4.24. The molecule has 136 valence electrons. The third kappa shape index (κ3) is 5.18. The van der Waals surface area contributed by atoms with Crippen LogP contribution in [0.3, 0.4) is 0 Å². The van der Waals surface area contributed by atoms with Crippen molar-refractivity contribution < 1.29 is 14.3 Å². The highest BCUT2D eigenvalue weighted by molar-refractivity contribution is 9.10. The van der Waals surface area contributed by atoms with Crippen LogP contribution >= 0.6 is 15.9 Å². The number of hydrogen-bond donors (Lipinski definition) is 2. The summed E-state index contributed by atoms with van der Waals surface area (Å²) in [6.07, 6.45) is 0. The maximum absolute atomic E-state index is 12.5. The van der Waals surface area contributed by atoms with Gasteiger partial charge in [0.2, 0.25) is 0 Å². The Kier molecular flexibility index (Phi) is 6.22. The monoisotopic (exact) mass is 424 g/mol. The highest BCUT2D eigenvalue weighted by Gasteiger charge is 2.14. The molecule has 0 aliphatic heterocycles. The average Bonchev–Trinajstić information content (AvgIpc) is 2.71. The zero-order valence-electron chi connectivity index (χ0n) is 14.3. The Labute approximate surface area is 165 Å². The van der Waals surface area contributed by atoms with Gasteiger partial charge in [-0.25, -0.2) is 0 Å². The first kappa shape index (κ1) is 18.7. The van der Waals surface area contributed by atoms with Crippen LogP contribution in [0.2, 0.25) is 0 Å². The maximum atomic E-state index is 12.5. The van der Waals surface area contributed by atoms with Crippen molar-refractivity contribution in [3.8, 4) is 5.75 Å². The van der Waals surface area contributed by atoms with E-state index < -0.39 is 11.8 Å². The molecule has 27 heavy (non-hydrogen) atoms. The number of carbonyl (C=O) groups is 2. The van der Waals surface area contributed by atoms with Crippen LogP contribution in [0.4, 0.5) is 0 Å². The lowest BCUT2D eigenvalue weighted by molar-refractivity contribution is 0.0844. The molecule has 0 radical (unpaired) electrons. The predicted molar refractivity (Wildman–Crippen MR) is 106 cm³/mol. The number of hydrazine groups is 1. The number of amides is 2. The SMILES string of the molecule is O=C(NNC(=O)c1ccccc1OCc1ccccc1)c1cccc(Br)c1. The van der Waals surface area contributed by atoms with E-state index in [1.54, 1.807) is 42.5 Å². The highest BCUT2D eigenvalue weighted by Crippen LogP contribution is 2.19. The summed E-state index contributed by atoms with van der Waals surface area (Å²) in [5, 5.41) is 0. The van der Waals surface area contributed by atoms with Crippen LogP contribution < -0.4 is 15.6 Å². The Hall–Kier alpha value is -3.12. The van der Waals surface area contributed by atoms with Gasteiger partial charge in [0.25, 0.3) is 11.8 Å². The van der Waals surface area contributed by atoms with E-state index >= 15 is 0 Å². The van der Waals surface area contributed by atoms with Gasteiger partial charge in [0.15, 0.2) is 0 Å². The fourth-order valence-corrected chi connectivity index (χ4v) is 2.80. The third-order valence-electron chi connectivity index (χ3n) is 3.75. The Morgan fingerprint density at radius 1 is 0.815 bits per heavy atom. The van der Waals surface area contributed by atoms with Crippen molar-refractivity contribution in [1.29, 1.82) is 0 Å². The van der Waals surface area contributed by atoms with Gasteiger partial charge >= 0.3 is 0 Å². The van der Waals surface area contributed by atoms with Gasteiger partial charge in [0, 0.05) is 10.0 Å². The van der Waals surface area contributed by atoms with Gasteiger partial charge in [-0.15, -0.1) is 0 Å². The number of para-hydroxylation sites is 1. The fraction of sp³-hybridized carbons (Fsp3) is 0.0476. The zero-order chi connectivity index (χ0) is 19.1. The van der Waals surface area contributed by atoms with Crippen LogP contribution in [0.15, 0.2) is 83.3 Å². The first-order valence-electron chi connectivity index (χ1n) is 8.25. The Balaban J connectivity index is 1.63. The van der Waals surface area contributed by atoms with Crippen LogP contribution in [0.25, 0.3) is 0 Å². The Morgan fingerprint density at radius 2 is 1.52 bits per heavy atom. The molecule has 0 spiro atoms. The lowest BCUT2D eigenvalue weighted by Crippen LogP contribution is -2.41. The first-order chi connectivity index (χ1) is 13.1. The second-order valence-electron chi connectivity index (χ2n) is 5.69. The van der Waals surface area contributed by atoms with E-state index in [4.69, 9.17) is 4.74 Å². The molecule has 0 saturated carbocycles. The standard InChI is InChI=1S/C21H17BrN2O3/c22-17-10-6-9-16(13-17)20(25)23-24-21(26)18-11-4-5-12-19(18)27-14-15-7-2-1-3-8-15/h1-13H,14H2,(H,23,25)(H,24,26). The van der Waals surface area contributed by atoms with E-state index in [1.165, 1.54) is 0 Å². The minimum Gasteiger partial charge on any atom is -0.488 e. The summed E-state index contributed by atoms with van der Waals surface area (Å²) in [7, 11) is 0. The zero-order valence-corrected chi connectivity index (χ0v) is 15.9. The van der Waals surface area contributed by atoms with E-state index in [1.807, 2.05) is 36.4 Å². The summed E-state index contributed by atoms with van der Waals surface area (Å²) < 4.78 is 6.55. The quantitative estimate of drug-likeness (QED) is 0.605. The smallest absolute Gasteiger partial charge is 0.273 e. The molecule has 0 saturated heterocycles.